The molecule has 0 saturated heterocycles. The first-order chi connectivity index (χ1) is 64.7. The average Bonchev–Trinajstić information content (AvgIpc) is 0.834. The van der Waals surface area contributed by atoms with E-state index < -0.39 is 257 Å². The van der Waals surface area contributed by atoms with Gasteiger partial charge in [-0.1, -0.05) is 299 Å². The summed E-state index contributed by atoms with van der Waals surface area (Å²) in [7, 11) is 0. The molecule has 2 aromatic heterocycles. The van der Waals surface area contributed by atoms with Crippen LogP contribution in [0.1, 0.15) is 166 Å². The lowest BCUT2D eigenvalue weighted by molar-refractivity contribution is 0.395. The van der Waals surface area contributed by atoms with Crippen LogP contribution in [0.15, 0.2) is 290 Å². The lowest BCUT2D eigenvalue weighted by Crippen LogP contribution is -2.61. The van der Waals surface area contributed by atoms with E-state index in [9.17, 15) is 38.4 Å². The van der Waals surface area contributed by atoms with E-state index in [4.69, 9.17) is 11.0 Å². The molecule has 0 spiro atoms. The van der Waals surface area contributed by atoms with Gasteiger partial charge >= 0.3 is 0 Å². The molecule has 0 fully saturated rings. The maximum absolute atomic E-state index is 10.2. The molecule has 0 aliphatic carbocycles. The van der Waals surface area contributed by atoms with Crippen LogP contribution < -0.4 is 26.2 Å². The summed E-state index contributed by atoms with van der Waals surface area (Å²) < 4.78 is 350. The number of rotatable bonds is 17. The number of nitrogens with zero attached hydrogens (tertiary/aromatic N) is 4. The maximum atomic E-state index is 10.2. The minimum absolute atomic E-state index is 0.0120. The second-order valence-electron chi connectivity index (χ2n) is 28.2. The second kappa shape index (κ2) is 26.3. The lowest BCUT2D eigenvalue weighted by atomic mass is 9.33. The van der Waals surface area contributed by atoms with Gasteiger partial charge in [-0.15, -0.1) is 0 Å². The third kappa shape index (κ3) is 11.2. The van der Waals surface area contributed by atoms with E-state index in [0.717, 1.165) is 32.1 Å². The van der Waals surface area contributed by atoms with Crippen LogP contribution in [0.2, 0.25) is 0 Å². The molecule has 0 radical (unpaired) electrons. The smallest absolute Gasteiger partial charge is 0.252 e. The number of unbranched alkanes of at least 4 members (excludes halogenated alkanes) is 1. The molecule has 13 aromatic carbocycles. The Hall–Kier alpha value is -10.9. The summed E-state index contributed by atoms with van der Waals surface area (Å²) in [5.41, 5.74) is -6.22. The van der Waals surface area contributed by atoms with Crippen molar-refractivity contribution in [2.45, 2.75) is 118 Å². The Kier molecular flexibility index (Phi) is 9.30. The van der Waals surface area contributed by atoms with Crippen molar-refractivity contribution >= 4 is 101 Å². The van der Waals surface area contributed by atoms with Crippen molar-refractivity contribution in [3.05, 3.63) is 307 Å². The molecular formula is C97H89BN4. The number of aromatic nitrogens is 2. The number of anilines is 6. The number of fused-ring (bicyclic) bond motifs is 10. The first-order valence-corrected chi connectivity index (χ1v) is 34.5. The molecule has 17 rings (SSSR count). The molecule has 0 N–H and O–H groups in total. The maximum Gasteiger partial charge on any atom is 0.252 e. The largest absolute Gasteiger partial charge is 0.310 e. The van der Waals surface area contributed by atoms with Crippen LogP contribution in [-0.2, 0) is 17.3 Å². The van der Waals surface area contributed by atoms with Gasteiger partial charge in [0.15, 0.2) is 0 Å². The highest BCUT2D eigenvalue weighted by Gasteiger charge is 2.46. The van der Waals surface area contributed by atoms with Crippen molar-refractivity contribution in [1.29, 1.82) is 0 Å². The Morgan fingerprint density at radius 2 is 0.676 bits per heavy atom. The van der Waals surface area contributed by atoms with Crippen molar-refractivity contribution in [3.8, 4) is 55.9 Å². The van der Waals surface area contributed by atoms with E-state index in [1.807, 2.05) is 0 Å². The van der Waals surface area contributed by atoms with Gasteiger partial charge in [0.1, 0.15) is 0 Å². The molecule has 102 heavy (non-hydrogen) atoms. The monoisotopic (exact) mass is 1360 g/mol. The van der Waals surface area contributed by atoms with E-state index in [-0.39, 0.29) is 151 Å². The summed E-state index contributed by atoms with van der Waals surface area (Å²) in [6.45, 7) is 13.5. The van der Waals surface area contributed by atoms with Gasteiger partial charge in [0, 0.05) is 77.9 Å². The van der Waals surface area contributed by atoms with Gasteiger partial charge in [0.05, 0.1) is 82.8 Å². The fourth-order valence-electron chi connectivity index (χ4n) is 15.2. The summed E-state index contributed by atoms with van der Waals surface area (Å²) in [4.78, 5) is 3.19. The molecule has 5 heteroatoms. The minimum atomic E-state index is -1.42. The van der Waals surface area contributed by atoms with Gasteiger partial charge in [-0.05, 0) is 170 Å². The Bertz CT molecular complexity index is 7040. The fraction of sp³-hybridized carbons (Fsp3) is 0.196. The Labute approximate surface area is 653 Å². The van der Waals surface area contributed by atoms with E-state index in [2.05, 4.69) is 13.8 Å². The fourth-order valence-corrected chi connectivity index (χ4v) is 15.2. The van der Waals surface area contributed by atoms with Crippen molar-refractivity contribution in [1.82, 2.24) is 9.13 Å². The summed E-state index contributed by atoms with van der Waals surface area (Å²) in [5.74, 6) is 0.255. The predicted octanol–water partition coefficient (Wildman–Crippen LogP) is 25.2. The number of hydrogen-bond acceptors (Lipinski definition) is 2. The Morgan fingerprint density at radius 1 is 0.353 bits per heavy atom. The van der Waals surface area contributed by atoms with Crippen LogP contribution >= 0.6 is 0 Å². The van der Waals surface area contributed by atoms with Crippen molar-refractivity contribution in [2.24, 2.45) is 5.92 Å². The number of para-hydroxylation sites is 4. The highest BCUT2D eigenvalue weighted by molar-refractivity contribution is 7.00. The van der Waals surface area contributed by atoms with Gasteiger partial charge in [-0.25, -0.2) is 0 Å². The van der Waals surface area contributed by atoms with Gasteiger partial charge in [-0.3, -0.25) is 0 Å². The summed E-state index contributed by atoms with van der Waals surface area (Å²) >= 11 is 0. The van der Waals surface area contributed by atoms with Gasteiger partial charge in [0.2, 0.25) is 0 Å². The van der Waals surface area contributed by atoms with Gasteiger partial charge in [-0.2, -0.15) is 0 Å². The average molecular weight is 1360 g/mol. The molecule has 0 saturated carbocycles. The van der Waals surface area contributed by atoms with Crippen LogP contribution in [-0.4, -0.2) is 15.8 Å². The molecule has 0 atom stereocenters. The molecule has 0 amide bonds. The Morgan fingerprint density at radius 3 is 1.00 bits per heavy atom. The summed E-state index contributed by atoms with van der Waals surface area (Å²) in [5, 5.41) is -1.37. The van der Waals surface area contributed by atoms with Gasteiger partial charge in [0.25, 0.3) is 6.71 Å². The van der Waals surface area contributed by atoms with E-state index in [1.54, 1.807) is 99.9 Å². The first kappa shape index (κ1) is 36.1. The molecule has 0 unspecified atom stereocenters. The molecule has 4 nitrogen and oxygen atoms in total. The first-order valence-electron chi connectivity index (χ1n) is 52.5. The number of benzene rings is 13. The third-order valence-corrected chi connectivity index (χ3v) is 19.9. The molecule has 2 aliphatic rings. The van der Waals surface area contributed by atoms with Crippen molar-refractivity contribution < 1.29 is 49.3 Å². The van der Waals surface area contributed by atoms with E-state index in [1.165, 1.54) is 33.4 Å². The zero-order valence-electron chi connectivity index (χ0n) is 93.5. The topological polar surface area (TPSA) is 16.3 Å². The van der Waals surface area contributed by atoms with Crippen molar-refractivity contribution in [2.75, 3.05) is 9.80 Å². The highest BCUT2D eigenvalue weighted by atomic mass is 15.2. The molecule has 4 heterocycles. The quantitative estimate of drug-likeness (QED) is 0.0667. The second-order valence-corrected chi connectivity index (χ2v) is 28.2. The zero-order chi connectivity index (χ0) is 101. The normalized spacial score (nSPS) is 17.8. The predicted molar refractivity (Wildman–Crippen MR) is 439 cm³/mol. The van der Waals surface area contributed by atoms with Crippen LogP contribution in [0.3, 0.4) is 0 Å². The van der Waals surface area contributed by atoms with Crippen LogP contribution in [0, 0.1) is 5.92 Å². The van der Waals surface area contributed by atoms with Gasteiger partial charge < -0.3 is 18.9 Å². The molecular weight excluding hydrogens is 1230 g/mol. The third-order valence-electron chi connectivity index (χ3n) is 19.9. The Balaban J connectivity index is 1.18. The van der Waals surface area contributed by atoms with Crippen LogP contribution in [0.25, 0.3) is 99.5 Å². The van der Waals surface area contributed by atoms with Crippen LogP contribution in [0.5, 0.6) is 0 Å². The molecule has 2 aliphatic heterocycles. The lowest BCUT2D eigenvalue weighted by Gasteiger charge is -2.46. The number of hydrogen-bond donors (Lipinski definition) is 0. The zero-order valence-corrected chi connectivity index (χ0v) is 57.5. The molecule has 15 aromatic rings. The number of aryl methyl sites for hydroxylation is 1. The molecule has 0 bridgehead atoms. The SMILES string of the molecule is [2H]c1c([2H])c([2H])c(-c2cc(C(C)(C)C)cc(-c3c([2H])c([2H])c([2H])c([2H])c3[2H])c2N2c3cc(-n4c5c([2H])c([2H])c([2H])c([2H])c5c5c([2H])c([2H])c([2H])c([2H])c54)ccc3B3c4ccc(-n5c6c([2H])c([2H])c([2H])c([2H])c6c6c([2H])c([2H])c([2H])c([2H])c65)cc4N(c4c(-c5c([2H])c([2H])c([2H])c([2H])c5[2H])cc(C(C)(C)C)cc4-c4c([2H])c([2H])c([2H])c([2H])c4[2H])c4cc(CCCCC(CCC)CCC)cc2c43)c([2H])c1[2H]. The van der Waals surface area contributed by atoms with E-state index in [0.29, 0.717) is 18.4 Å². The summed E-state index contributed by atoms with van der Waals surface area (Å²) in [6, 6.07) is -9.48. The van der Waals surface area contributed by atoms with Crippen LogP contribution in [0.4, 0.5) is 34.1 Å². The molecule has 500 valence electrons. The van der Waals surface area contributed by atoms with Crippen molar-refractivity contribution in [3.63, 3.8) is 0 Å². The minimum Gasteiger partial charge on any atom is -0.310 e. The summed E-state index contributed by atoms with van der Waals surface area (Å²) in [6.07, 6.45) is 5.27. The van der Waals surface area contributed by atoms with E-state index >= 15 is 0 Å². The highest BCUT2D eigenvalue weighted by Crippen LogP contribution is 2.55. The standard InChI is InChI=1S/C97H89BN4/c1-9-33-65(34-10-2)35-23-24-36-66-57-91-93-92(58-66)102(95-81(69-41-19-13-20-42-69)61-72(97(6,7)8)62-82(95)70-43-21-14-22-44-70)90-64-74(100-87-51-31-27-47-77(87)78-48-28-32-52-88(78)100)54-56-84(90)98(93)83-55-53-73(99-85-49-29-25-45-75(85)76-46-26-30-50-86(76)99)63-89(83)101(91)94-79(67-37-15-11-16-38-67)59-71(96(3,4)5)60-80(94)68-39-17-12-18-40-68/h11-22,25-32,37-65H,9-10,23-24,33-36H2,1-8H3/i11D,12D,13D,14D,15D,16D,17D,18D,19D,20D,21D,22D,25D,26D,27D,28D,29D,30D,31D,32D,37D,38D,39D,40D,41D,42D,43D,44D,45D,46D,47D,48D,49D,50D,51D,52D.